The molecular formula is C17H21N3O6S3. The summed E-state index contributed by atoms with van der Waals surface area (Å²) in [6.07, 6.45) is 1.27. The number of nitrogens with one attached hydrogen (secondary N) is 1. The normalized spacial score (nSPS) is 17.1. The van der Waals surface area contributed by atoms with Gasteiger partial charge in [0, 0.05) is 12.2 Å². The van der Waals surface area contributed by atoms with Crippen LogP contribution in [-0.2, 0) is 30.1 Å². The Morgan fingerprint density at radius 3 is 2.24 bits per heavy atom. The highest BCUT2D eigenvalue weighted by Crippen LogP contribution is 2.29. The molecule has 0 aliphatic carbocycles. The van der Waals surface area contributed by atoms with Crippen molar-refractivity contribution in [1.29, 1.82) is 0 Å². The van der Waals surface area contributed by atoms with E-state index in [9.17, 15) is 25.3 Å². The quantitative estimate of drug-likeness (QED) is 0.691. The van der Waals surface area contributed by atoms with Crippen LogP contribution in [0.2, 0.25) is 0 Å². The zero-order chi connectivity index (χ0) is 21.4. The Morgan fingerprint density at radius 1 is 1.00 bits per heavy atom. The minimum atomic E-state index is -4.04. The number of aryl methyl sites for hydroxylation is 1. The molecule has 0 saturated carbocycles. The first-order valence-electron chi connectivity index (χ1n) is 8.67. The molecule has 12 heteroatoms. The maximum Gasteiger partial charge on any atom is 0.262 e. The van der Waals surface area contributed by atoms with Crippen molar-refractivity contribution >= 4 is 41.4 Å². The van der Waals surface area contributed by atoms with Crippen molar-refractivity contribution in [1.82, 2.24) is 0 Å². The maximum absolute atomic E-state index is 12.9. The summed E-state index contributed by atoms with van der Waals surface area (Å²) in [4.78, 5) is -0.208. The van der Waals surface area contributed by atoms with E-state index in [4.69, 9.17) is 5.14 Å². The summed E-state index contributed by atoms with van der Waals surface area (Å²) in [6.45, 7) is 1.90. The van der Waals surface area contributed by atoms with Gasteiger partial charge in [0.15, 0.2) is 0 Å². The summed E-state index contributed by atoms with van der Waals surface area (Å²) in [5, 5.41) is 5.03. The van der Waals surface area contributed by atoms with Crippen LogP contribution in [-0.4, -0.2) is 37.6 Å². The van der Waals surface area contributed by atoms with Crippen LogP contribution in [0, 0.1) is 6.92 Å². The molecule has 1 fully saturated rings. The molecule has 0 atom stereocenters. The lowest BCUT2D eigenvalue weighted by Gasteiger charge is -2.28. The molecule has 1 aliphatic rings. The van der Waals surface area contributed by atoms with Gasteiger partial charge in [0.05, 0.1) is 21.2 Å². The van der Waals surface area contributed by atoms with Crippen molar-refractivity contribution in [2.45, 2.75) is 29.6 Å². The molecule has 0 aromatic heterocycles. The Hall–Kier alpha value is -2.15. The molecule has 0 amide bonds. The monoisotopic (exact) mass is 459 g/mol. The second-order valence-electron chi connectivity index (χ2n) is 6.72. The van der Waals surface area contributed by atoms with Crippen molar-refractivity contribution in [3.05, 3.63) is 48.0 Å². The number of sulfonamides is 3. The third-order valence-electron chi connectivity index (χ3n) is 4.53. The molecule has 3 N–H and O–H groups in total. The molecule has 0 spiro atoms. The van der Waals surface area contributed by atoms with Crippen LogP contribution in [0.25, 0.3) is 0 Å². The van der Waals surface area contributed by atoms with Crippen molar-refractivity contribution in [3.8, 4) is 0 Å². The van der Waals surface area contributed by atoms with Crippen LogP contribution in [0.5, 0.6) is 0 Å². The van der Waals surface area contributed by atoms with Crippen LogP contribution in [0.1, 0.15) is 18.4 Å². The molecule has 2 aromatic carbocycles. The average molecular weight is 460 g/mol. The lowest BCUT2D eigenvalue weighted by Crippen LogP contribution is -2.38. The van der Waals surface area contributed by atoms with Crippen molar-refractivity contribution in [2.24, 2.45) is 5.14 Å². The van der Waals surface area contributed by atoms with E-state index < -0.39 is 30.1 Å². The fraction of sp³-hybridized carbons (Fsp3) is 0.294. The molecule has 0 radical (unpaired) electrons. The predicted molar refractivity (Wildman–Crippen MR) is 110 cm³/mol. The van der Waals surface area contributed by atoms with Gasteiger partial charge in [0.25, 0.3) is 10.0 Å². The Morgan fingerprint density at radius 2 is 1.66 bits per heavy atom. The van der Waals surface area contributed by atoms with Gasteiger partial charge in [-0.25, -0.2) is 30.4 Å². The number of hydrogen-bond donors (Lipinski definition) is 2. The van der Waals surface area contributed by atoms with Gasteiger partial charge in [-0.05, 0) is 61.7 Å². The van der Waals surface area contributed by atoms with E-state index in [0.29, 0.717) is 30.6 Å². The third kappa shape index (κ3) is 4.71. The molecule has 3 rings (SSSR count). The number of primary sulfonamides is 1. The number of nitrogens with two attached hydrogens (primary N) is 1. The highest BCUT2D eigenvalue weighted by Gasteiger charge is 2.28. The molecule has 2 aromatic rings. The second kappa shape index (κ2) is 7.59. The van der Waals surface area contributed by atoms with Gasteiger partial charge < -0.3 is 0 Å². The summed E-state index contributed by atoms with van der Waals surface area (Å²) in [6, 6.07) is 9.42. The smallest absolute Gasteiger partial charge is 0.262 e. The van der Waals surface area contributed by atoms with E-state index in [2.05, 4.69) is 4.72 Å². The lowest BCUT2D eigenvalue weighted by molar-refractivity contribution is 0.574. The van der Waals surface area contributed by atoms with Crippen molar-refractivity contribution in [3.63, 3.8) is 0 Å². The Labute approximate surface area is 170 Å². The van der Waals surface area contributed by atoms with E-state index in [1.54, 1.807) is 19.1 Å². The van der Waals surface area contributed by atoms with Crippen LogP contribution in [0.4, 0.5) is 11.4 Å². The predicted octanol–water partition coefficient (Wildman–Crippen LogP) is 1.37. The van der Waals surface area contributed by atoms with Gasteiger partial charge in [-0.15, -0.1) is 0 Å². The van der Waals surface area contributed by atoms with Crippen LogP contribution in [0.3, 0.4) is 0 Å². The summed E-state index contributed by atoms with van der Waals surface area (Å²) in [5.41, 5.74) is 0.879. The molecule has 1 heterocycles. The van der Waals surface area contributed by atoms with Crippen LogP contribution < -0.4 is 14.2 Å². The number of benzene rings is 2. The summed E-state index contributed by atoms with van der Waals surface area (Å²) in [7, 11) is -11.4. The average Bonchev–Trinajstić information content (AvgIpc) is 2.61. The fourth-order valence-corrected chi connectivity index (χ4v) is 6.51. The van der Waals surface area contributed by atoms with E-state index in [0.717, 1.165) is 0 Å². The maximum atomic E-state index is 12.9. The highest BCUT2D eigenvalue weighted by atomic mass is 32.2. The molecule has 9 nitrogen and oxygen atoms in total. The topological polar surface area (TPSA) is 144 Å². The first-order valence-corrected chi connectivity index (χ1v) is 13.3. The number of hydrogen-bond acceptors (Lipinski definition) is 6. The Balaban J connectivity index is 1.94. The Bertz CT molecular complexity index is 1240. The van der Waals surface area contributed by atoms with E-state index in [1.807, 2.05) is 0 Å². The SMILES string of the molecule is Cc1ccc(N2CCCCS2(=O)=O)cc1S(=O)(=O)Nc1ccc(S(N)(=O)=O)cc1. The van der Waals surface area contributed by atoms with Gasteiger partial charge in [0.2, 0.25) is 20.0 Å². The molecule has 0 bridgehead atoms. The summed E-state index contributed by atoms with van der Waals surface area (Å²) < 4.78 is 76.7. The molecule has 0 unspecified atom stereocenters. The number of anilines is 2. The van der Waals surface area contributed by atoms with Gasteiger partial charge in [-0.3, -0.25) is 9.03 Å². The van der Waals surface area contributed by atoms with Crippen LogP contribution >= 0.6 is 0 Å². The largest absolute Gasteiger partial charge is 0.280 e. The molecule has 1 saturated heterocycles. The Kier molecular flexibility index (Phi) is 5.64. The van der Waals surface area contributed by atoms with Crippen LogP contribution in [0.15, 0.2) is 52.3 Å². The molecular weight excluding hydrogens is 438 g/mol. The molecule has 1 aliphatic heterocycles. The summed E-state index contributed by atoms with van der Waals surface area (Å²) >= 11 is 0. The zero-order valence-corrected chi connectivity index (χ0v) is 18.0. The lowest BCUT2D eigenvalue weighted by atomic mass is 10.2. The van der Waals surface area contributed by atoms with Gasteiger partial charge >= 0.3 is 0 Å². The number of rotatable bonds is 5. The van der Waals surface area contributed by atoms with Gasteiger partial charge in [0.1, 0.15) is 0 Å². The highest BCUT2D eigenvalue weighted by molar-refractivity contribution is 7.93. The van der Waals surface area contributed by atoms with E-state index in [-0.39, 0.29) is 21.2 Å². The number of nitrogens with zero attached hydrogens (tertiary/aromatic N) is 1. The van der Waals surface area contributed by atoms with Gasteiger partial charge in [-0.2, -0.15) is 0 Å². The van der Waals surface area contributed by atoms with Gasteiger partial charge in [-0.1, -0.05) is 6.07 Å². The fourth-order valence-electron chi connectivity index (χ4n) is 3.04. The second-order valence-corrected chi connectivity index (χ2v) is 11.9. The first kappa shape index (κ1) is 21.6. The first-order chi connectivity index (χ1) is 13.4. The minimum Gasteiger partial charge on any atom is -0.280 e. The van der Waals surface area contributed by atoms with E-state index >= 15 is 0 Å². The summed E-state index contributed by atoms with van der Waals surface area (Å²) in [5.74, 6) is 0.0254. The third-order valence-corrected chi connectivity index (χ3v) is 8.86. The standard InChI is InChI=1S/C17H21N3O6S3/c1-13-4-7-15(20-10-2-3-11-27(20,21)22)12-17(13)29(25,26)19-14-5-8-16(9-6-14)28(18,23)24/h4-9,12,19H,2-3,10-11H2,1H3,(H2,18,23,24). The molecule has 29 heavy (non-hydrogen) atoms. The zero-order valence-electron chi connectivity index (χ0n) is 15.6. The van der Waals surface area contributed by atoms with Crippen molar-refractivity contribution in [2.75, 3.05) is 21.3 Å². The van der Waals surface area contributed by atoms with Crippen molar-refractivity contribution < 1.29 is 25.3 Å². The molecule has 158 valence electrons. The van der Waals surface area contributed by atoms with E-state index in [1.165, 1.54) is 34.6 Å². The minimum absolute atomic E-state index is 0.0254.